The molecule has 1 aromatic heterocycles. The molecule has 1 heterocycles. The lowest BCUT2D eigenvalue weighted by Crippen LogP contribution is -2.43. The molecule has 1 aromatic rings. The van der Waals surface area contributed by atoms with Crippen LogP contribution in [0.15, 0.2) is 6.33 Å². The van der Waals surface area contributed by atoms with Crippen LogP contribution in [0.4, 0.5) is 0 Å². The predicted molar refractivity (Wildman–Crippen MR) is 66.3 cm³/mol. The van der Waals surface area contributed by atoms with Crippen molar-refractivity contribution < 1.29 is 0 Å². The minimum absolute atomic E-state index is 0.184. The van der Waals surface area contributed by atoms with Crippen molar-refractivity contribution in [3.05, 3.63) is 12.2 Å². The van der Waals surface area contributed by atoms with Crippen LogP contribution in [0.1, 0.15) is 38.9 Å². The van der Waals surface area contributed by atoms with Gasteiger partial charge in [0.05, 0.1) is 6.07 Å². The van der Waals surface area contributed by atoms with Gasteiger partial charge in [0.15, 0.2) is 0 Å². The van der Waals surface area contributed by atoms with Gasteiger partial charge in [0.1, 0.15) is 17.9 Å². The Morgan fingerprint density at radius 3 is 2.72 bits per heavy atom. The Balaban J connectivity index is 2.49. The van der Waals surface area contributed by atoms with Crippen molar-refractivity contribution in [2.75, 3.05) is 6.54 Å². The number of aryl methyl sites for hydroxylation is 1. The first kappa shape index (κ1) is 14.1. The number of hydrogen-bond donors (Lipinski definition) is 1. The lowest BCUT2D eigenvalue weighted by atomic mass is 9.92. The first-order chi connectivity index (χ1) is 8.69. The zero-order valence-corrected chi connectivity index (χ0v) is 10.8. The monoisotopic (exact) mass is 246 g/mol. The zero-order chi connectivity index (χ0) is 13.4. The standard InChI is InChI=1S/C12H18N6/c1-3-12(9-14,16-4-2)6-5-7-18-10-15-11(8-13)17-18/h10,16H,3-7H2,1-2H3. The van der Waals surface area contributed by atoms with E-state index < -0.39 is 5.54 Å². The van der Waals surface area contributed by atoms with Crippen LogP contribution < -0.4 is 5.32 Å². The van der Waals surface area contributed by atoms with Gasteiger partial charge in [-0.25, -0.2) is 4.98 Å². The van der Waals surface area contributed by atoms with E-state index in [1.165, 1.54) is 0 Å². The largest absolute Gasteiger partial charge is 0.300 e. The summed E-state index contributed by atoms with van der Waals surface area (Å²) in [4.78, 5) is 3.84. The minimum Gasteiger partial charge on any atom is -0.300 e. The number of nitrogens with one attached hydrogen (secondary N) is 1. The predicted octanol–water partition coefficient (Wildman–Crippen LogP) is 1.21. The summed E-state index contributed by atoms with van der Waals surface area (Å²) in [5.74, 6) is 0.184. The second kappa shape index (κ2) is 6.73. The Labute approximate surface area is 107 Å². The van der Waals surface area contributed by atoms with Crippen molar-refractivity contribution in [1.82, 2.24) is 20.1 Å². The fourth-order valence-electron chi connectivity index (χ4n) is 1.90. The van der Waals surface area contributed by atoms with Gasteiger partial charge in [-0.3, -0.25) is 10.00 Å². The number of nitriles is 2. The molecule has 0 saturated carbocycles. The van der Waals surface area contributed by atoms with Gasteiger partial charge in [-0.05, 0) is 25.8 Å². The summed E-state index contributed by atoms with van der Waals surface area (Å²) in [6, 6.07) is 4.25. The molecule has 18 heavy (non-hydrogen) atoms. The molecule has 0 fully saturated rings. The van der Waals surface area contributed by atoms with Crippen molar-refractivity contribution in [2.45, 2.75) is 45.2 Å². The van der Waals surface area contributed by atoms with Gasteiger partial charge in [0, 0.05) is 6.54 Å². The van der Waals surface area contributed by atoms with Gasteiger partial charge in [0.25, 0.3) is 5.82 Å². The van der Waals surface area contributed by atoms with Gasteiger partial charge < -0.3 is 0 Å². The number of nitrogens with zero attached hydrogens (tertiary/aromatic N) is 5. The van der Waals surface area contributed by atoms with Crippen LogP contribution in [-0.4, -0.2) is 26.8 Å². The molecule has 1 rings (SSSR count). The van der Waals surface area contributed by atoms with Gasteiger partial charge in [-0.2, -0.15) is 10.5 Å². The molecule has 0 aliphatic rings. The summed E-state index contributed by atoms with van der Waals surface area (Å²) in [5.41, 5.74) is -0.451. The van der Waals surface area contributed by atoms with Crippen LogP contribution in [0.3, 0.4) is 0 Å². The summed E-state index contributed by atoms with van der Waals surface area (Å²) in [7, 11) is 0. The fraction of sp³-hybridized carbons (Fsp3) is 0.667. The van der Waals surface area contributed by atoms with Gasteiger partial charge in [-0.15, -0.1) is 5.10 Å². The Hall–Kier alpha value is -1.92. The van der Waals surface area contributed by atoms with Gasteiger partial charge >= 0.3 is 0 Å². The van der Waals surface area contributed by atoms with Crippen molar-refractivity contribution in [3.63, 3.8) is 0 Å². The minimum atomic E-state index is -0.451. The third-order valence-corrected chi connectivity index (χ3v) is 2.96. The second-order valence-corrected chi connectivity index (χ2v) is 4.12. The second-order valence-electron chi connectivity index (χ2n) is 4.12. The van der Waals surface area contributed by atoms with Crippen molar-refractivity contribution in [3.8, 4) is 12.1 Å². The molecule has 1 N–H and O–H groups in total. The average Bonchev–Trinajstić information content (AvgIpc) is 2.85. The molecule has 1 unspecified atom stereocenters. The van der Waals surface area contributed by atoms with Gasteiger partial charge in [-0.1, -0.05) is 13.8 Å². The third-order valence-electron chi connectivity index (χ3n) is 2.96. The Kier molecular flexibility index (Phi) is 5.29. The van der Waals surface area contributed by atoms with Crippen molar-refractivity contribution >= 4 is 0 Å². The van der Waals surface area contributed by atoms with E-state index in [-0.39, 0.29) is 5.82 Å². The molecule has 6 heteroatoms. The molecule has 0 bridgehead atoms. The van der Waals surface area contributed by atoms with E-state index in [0.29, 0.717) is 6.54 Å². The molecule has 0 saturated heterocycles. The molecule has 0 aromatic carbocycles. The fourth-order valence-corrected chi connectivity index (χ4v) is 1.90. The average molecular weight is 246 g/mol. The van der Waals surface area contributed by atoms with E-state index in [2.05, 4.69) is 21.5 Å². The van der Waals surface area contributed by atoms with E-state index in [1.807, 2.05) is 19.9 Å². The smallest absolute Gasteiger partial charge is 0.252 e. The molecule has 6 nitrogen and oxygen atoms in total. The zero-order valence-electron chi connectivity index (χ0n) is 10.8. The number of aromatic nitrogens is 3. The SMILES string of the molecule is CCNC(C#N)(CC)CCCn1cnc(C#N)n1. The first-order valence-corrected chi connectivity index (χ1v) is 6.15. The summed E-state index contributed by atoms with van der Waals surface area (Å²) in [6.45, 7) is 5.46. The molecular formula is C12H18N6. The maximum absolute atomic E-state index is 9.26. The van der Waals surface area contributed by atoms with E-state index in [4.69, 9.17) is 5.26 Å². The summed E-state index contributed by atoms with van der Waals surface area (Å²) in [5, 5.41) is 25.1. The van der Waals surface area contributed by atoms with E-state index in [9.17, 15) is 5.26 Å². The lowest BCUT2D eigenvalue weighted by molar-refractivity contribution is 0.358. The molecule has 0 aliphatic carbocycles. The normalized spacial score (nSPS) is 13.6. The lowest BCUT2D eigenvalue weighted by Gasteiger charge is -2.25. The van der Waals surface area contributed by atoms with Crippen LogP contribution in [0.25, 0.3) is 0 Å². The highest BCUT2D eigenvalue weighted by molar-refractivity contribution is 5.06. The molecule has 1 atom stereocenters. The van der Waals surface area contributed by atoms with E-state index >= 15 is 0 Å². The Morgan fingerprint density at radius 2 is 2.22 bits per heavy atom. The van der Waals surface area contributed by atoms with E-state index in [0.717, 1.165) is 25.8 Å². The summed E-state index contributed by atoms with van der Waals surface area (Å²) < 4.78 is 1.64. The summed E-state index contributed by atoms with van der Waals surface area (Å²) in [6.07, 6.45) is 3.90. The highest BCUT2D eigenvalue weighted by atomic mass is 15.3. The Bertz CT molecular complexity index is 452. The maximum Gasteiger partial charge on any atom is 0.252 e. The molecule has 0 radical (unpaired) electrons. The molecule has 96 valence electrons. The Morgan fingerprint density at radius 1 is 1.44 bits per heavy atom. The first-order valence-electron chi connectivity index (χ1n) is 6.15. The van der Waals surface area contributed by atoms with Crippen LogP contribution in [-0.2, 0) is 6.54 Å². The molecule has 0 amide bonds. The van der Waals surface area contributed by atoms with Crippen LogP contribution in [0, 0.1) is 22.7 Å². The van der Waals surface area contributed by atoms with E-state index in [1.54, 1.807) is 11.0 Å². The van der Waals surface area contributed by atoms with Crippen LogP contribution >= 0.6 is 0 Å². The maximum atomic E-state index is 9.26. The highest BCUT2D eigenvalue weighted by Crippen LogP contribution is 2.16. The topological polar surface area (TPSA) is 90.3 Å². The highest BCUT2D eigenvalue weighted by Gasteiger charge is 2.25. The molecule has 0 aliphatic heterocycles. The summed E-state index contributed by atoms with van der Waals surface area (Å²) >= 11 is 0. The molecular weight excluding hydrogens is 228 g/mol. The van der Waals surface area contributed by atoms with Crippen molar-refractivity contribution in [1.29, 1.82) is 10.5 Å². The van der Waals surface area contributed by atoms with Crippen molar-refractivity contribution in [2.24, 2.45) is 0 Å². The number of rotatable bonds is 7. The molecule has 0 spiro atoms. The van der Waals surface area contributed by atoms with Crippen LogP contribution in [0.2, 0.25) is 0 Å². The van der Waals surface area contributed by atoms with Crippen LogP contribution in [0.5, 0.6) is 0 Å². The van der Waals surface area contributed by atoms with Gasteiger partial charge in [0.2, 0.25) is 0 Å². The quantitative estimate of drug-likeness (QED) is 0.781. The third kappa shape index (κ3) is 3.54. The number of hydrogen-bond acceptors (Lipinski definition) is 5.